The fraction of sp³-hybridized carbons (Fsp3) is 0.750. The maximum Gasteiger partial charge on any atom is 0.223 e. The van der Waals surface area contributed by atoms with Crippen LogP contribution in [-0.4, -0.2) is 16.2 Å². The van der Waals surface area contributed by atoms with Crippen LogP contribution in [0.4, 0.5) is 0 Å². The largest absolute Gasteiger partial charge is 0.340 e. The lowest BCUT2D eigenvalue weighted by molar-refractivity contribution is 0.376. The molecule has 0 spiro atoms. The van der Waals surface area contributed by atoms with E-state index in [2.05, 4.69) is 29.3 Å². The number of rotatable bonds is 3. The minimum absolute atomic E-state index is 0.155. The monoisotopic (exact) mass is 169 g/mol. The molecule has 1 unspecified atom stereocenters. The summed E-state index contributed by atoms with van der Waals surface area (Å²) < 4.78 is 4.87. The molecule has 4 heteroatoms. The summed E-state index contributed by atoms with van der Waals surface area (Å²) in [6.07, 6.45) is 0. The van der Waals surface area contributed by atoms with Gasteiger partial charge < -0.3 is 9.84 Å². The molecule has 1 aromatic rings. The first-order valence-corrected chi connectivity index (χ1v) is 4.16. The van der Waals surface area contributed by atoms with Crippen molar-refractivity contribution in [2.75, 3.05) is 0 Å². The molecule has 0 radical (unpaired) electrons. The molecule has 0 aliphatic carbocycles. The van der Waals surface area contributed by atoms with Gasteiger partial charge >= 0.3 is 0 Å². The minimum atomic E-state index is 0.155. The molecule has 1 rings (SSSR count). The molecule has 12 heavy (non-hydrogen) atoms. The second-order valence-corrected chi connectivity index (χ2v) is 3.21. The quantitative estimate of drug-likeness (QED) is 0.743. The molecule has 1 N–H and O–H groups in total. The van der Waals surface area contributed by atoms with Gasteiger partial charge in [-0.25, -0.2) is 0 Å². The van der Waals surface area contributed by atoms with Gasteiger partial charge in [0, 0.05) is 13.0 Å². The number of aromatic nitrogens is 2. The van der Waals surface area contributed by atoms with Crippen LogP contribution in [0, 0.1) is 6.92 Å². The summed E-state index contributed by atoms with van der Waals surface area (Å²) in [7, 11) is 0. The second kappa shape index (κ2) is 3.67. The maximum absolute atomic E-state index is 4.87. The van der Waals surface area contributed by atoms with Crippen molar-refractivity contribution in [3.8, 4) is 0 Å². The van der Waals surface area contributed by atoms with E-state index in [-0.39, 0.29) is 6.04 Å². The fourth-order valence-corrected chi connectivity index (χ4v) is 1.07. The van der Waals surface area contributed by atoms with Gasteiger partial charge in [0.05, 0.1) is 6.04 Å². The third kappa shape index (κ3) is 2.30. The van der Waals surface area contributed by atoms with E-state index in [0.717, 1.165) is 5.82 Å². The average molecular weight is 169 g/mol. The van der Waals surface area contributed by atoms with Crippen LogP contribution in [0.2, 0.25) is 0 Å². The highest BCUT2D eigenvalue weighted by Crippen LogP contribution is 2.07. The smallest absolute Gasteiger partial charge is 0.223 e. The van der Waals surface area contributed by atoms with Crippen molar-refractivity contribution in [2.24, 2.45) is 0 Å². The highest BCUT2D eigenvalue weighted by Gasteiger charge is 2.11. The standard InChI is InChI=1S/C8H15N3O/c1-5(2)9-6(3)8-10-7(4)12-11-8/h5-6,9H,1-4H3. The normalized spacial score (nSPS) is 13.8. The predicted octanol–water partition coefficient (Wildman–Crippen LogP) is 1.44. The first-order chi connectivity index (χ1) is 5.59. The lowest BCUT2D eigenvalue weighted by Gasteiger charge is -2.12. The first-order valence-electron chi connectivity index (χ1n) is 4.16. The number of nitrogens with zero attached hydrogens (tertiary/aromatic N) is 2. The highest BCUT2D eigenvalue weighted by atomic mass is 16.5. The van der Waals surface area contributed by atoms with E-state index >= 15 is 0 Å². The van der Waals surface area contributed by atoms with Gasteiger partial charge in [-0.05, 0) is 6.92 Å². The zero-order valence-electron chi connectivity index (χ0n) is 7.96. The third-order valence-electron chi connectivity index (χ3n) is 1.51. The number of nitrogens with one attached hydrogen (secondary N) is 1. The summed E-state index contributed by atoms with van der Waals surface area (Å²) in [6.45, 7) is 7.98. The molecule has 1 aromatic heterocycles. The molecule has 0 aromatic carbocycles. The SMILES string of the molecule is Cc1nc(C(C)NC(C)C)no1. The van der Waals surface area contributed by atoms with Crippen LogP contribution in [0.25, 0.3) is 0 Å². The predicted molar refractivity (Wildman–Crippen MR) is 45.7 cm³/mol. The molecule has 68 valence electrons. The minimum Gasteiger partial charge on any atom is -0.340 e. The average Bonchev–Trinajstić information content (AvgIpc) is 2.34. The summed E-state index contributed by atoms with van der Waals surface area (Å²) in [5, 5.41) is 7.11. The lowest BCUT2D eigenvalue weighted by atomic mass is 10.3. The van der Waals surface area contributed by atoms with Gasteiger partial charge in [-0.1, -0.05) is 19.0 Å². The number of hydrogen-bond acceptors (Lipinski definition) is 4. The van der Waals surface area contributed by atoms with Crippen LogP contribution in [0.3, 0.4) is 0 Å². The Hall–Kier alpha value is -0.900. The fourth-order valence-electron chi connectivity index (χ4n) is 1.07. The van der Waals surface area contributed by atoms with E-state index in [1.54, 1.807) is 6.92 Å². The van der Waals surface area contributed by atoms with E-state index < -0.39 is 0 Å². The van der Waals surface area contributed by atoms with Crippen molar-refractivity contribution in [2.45, 2.75) is 39.8 Å². The van der Waals surface area contributed by atoms with Crippen LogP contribution in [-0.2, 0) is 0 Å². The Morgan fingerprint density at radius 1 is 1.33 bits per heavy atom. The number of hydrogen-bond donors (Lipinski definition) is 1. The Labute approximate surface area is 72.4 Å². The van der Waals surface area contributed by atoms with E-state index in [4.69, 9.17) is 4.52 Å². The van der Waals surface area contributed by atoms with Gasteiger partial charge in [-0.15, -0.1) is 0 Å². The Morgan fingerprint density at radius 2 is 2.00 bits per heavy atom. The molecular formula is C8H15N3O. The van der Waals surface area contributed by atoms with Crippen molar-refractivity contribution in [3.63, 3.8) is 0 Å². The van der Waals surface area contributed by atoms with Crippen molar-refractivity contribution in [1.82, 2.24) is 15.5 Å². The van der Waals surface area contributed by atoms with E-state index in [0.29, 0.717) is 11.9 Å². The van der Waals surface area contributed by atoms with E-state index in [1.807, 2.05) is 6.92 Å². The molecule has 0 amide bonds. The Bertz CT molecular complexity index is 244. The summed E-state index contributed by atoms with van der Waals surface area (Å²) in [5.74, 6) is 1.34. The summed E-state index contributed by atoms with van der Waals surface area (Å²) in [6, 6.07) is 0.584. The zero-order chi connectivity index (χ0) is 9.14. The molecule has 0 aliphatic heterocycles. The number of aryl methyl sites for hydroxylation is 1. The van der Waals surface area contributed by atoms with Gasteiger partial charge in [0.25, 0.3) is 0 Å². The van der Waals surface area contributed by atoms with E-state index in [9.17, 15) is 0 Å². The topological polar surface area (TPSA) is 51.0 Å². The van der Waals surface area contributed by atoms with Crippen LogP contribution in [0.15, 0.2) is 4.52 Å². The molecule has 0 fully saturated rings. The molecule has 0 saturated carbocycles. The third-order valence-corrected chi connectivity index (χ3v) is 1.51. The molecule has 0 bridgehead atoms. The molecule has 4 nitrogen and oxygen atoms in total. The van der Waals surface area contributed by atoms with Gasteiger partial charge in [0.1, 0.15) is 0 Å². The Balaban J connectivity index is 2.58. The lowest BCUT2D eigenvalue weighted by Crippen LogP contribution is -2.26. The second-order valence-electron chi connectivity index (χ2n) is 3.21. The highest BCUT2D eigenvalue weighted by molar-refractivity contribution is 4.91. The molecule has 0 saturated heterocycles. The van der Waals surface area contributed by atoms with Crippen molar-refractivity contribution < 1.29 is 4.52 Å². The van der Waals surface area contributed by atoms with Gasteiger partial charge in [-0.2, -0.15) is 4.98 Å². The summed E-state index contributed by atoms with van der Waals surface area (Å²) >= 11 is 0. The van der Waals surface area contributed by atoms with Gasteiger partial charge in [0.15, 0.2) is 5.82 Å². The van der Waals surface area contributed by atoms with Crippen molar-refractivity contribution >= 4 is 0 Å². The molecular weight excluding hydrogens is 154 g/mol. The van der Waals surface area contributed by atoms with Crippen LogP contribution in [0.5, 0.6) is 0 Å². The summed E-state index contributed by atoms with van der Waals surface area (Å²) in [4.78, 5) is 4.12. The van der Waals surface area contributed by atoms with Crippen molar-refractivity contribution in [3.05, 3.63) is 11.7 Å². The van der Waals surface area contributed by atoms with E-state index in [1.165, 1.54) is 0 Å². The van der Waals surface area contributed by atoms with Crippen LogP contribution in [0.1, 0.15) is 38.5 Å². The molecule has 1 heterocycles. The zero-order valence-corrected chi connectivity index (χ0v) is 7.96. The van der Waals surface area contributed by atoms with Gasteiger partial charge in [0.2, 0.25) is 5.89 Å². The summed E-state index contributed by atoms with van der Waals surface area (Å²) in [5.41, 5.74) is 0. The first kappa shape index (κ1) is 9.19. The van der Waals surface area contributed by atoms with Gasteiger partial charge in [-0.3, -0.25) is 0 Å². The maximum atomic E-state index is 4.87. The van der Waals surface area contributed by atoms with Crippen molar-refractivity contribution in [1.29, 1.82) is 0 Å². The van der Waals surface area contributed by atoms with Crippen LogP contribution >= 0.6 is 0 Å². The van der Waals surface area contributed by atoms with Crippen LogP contribution < -0.4 is 5.32 Å². The Kier molecular flexibility index (Phi) is 2.81. The Morgan fingerprint density at radius 3 is 2.42 bits per heavy atom. The molecule has 0 aliphatic rings. The molecule has 1 atom stereocenters.